The van der Waals surface area contributed by atoms with Crippen LogP contribution in [-0.2, 0) is 11.2 Å². The molecule has 0 spiro atoms. The van der Waals surface area contributed by atoms with Gasteiger partial charge in [0.25, 0.3) is 0 Å². The second-order valence-corrected chi connectivity index (χ2v) is 5.96. The van der Waals surface area contributed by atoms with Gasteiger partial charge in [-0.25, -0.2) is 0 Å². The Labute approximate surface area is 121 Å². The molecule has 2 aromatic rings. The molecule has 0 aliphatic rings. The van der Waals surface area contributed by atoms with Gasteiger partial charge < -0.3 is 9.66 Å². The first-order chi connectivity index (χ1) is 9.70. The first kappa shape index (κ1) is 14.8. The molecular weight excluding hydrogens is 272 g/mol. The van der Waals surface area contributed by atoms with Gasteiger partial charge in [0.2, 0.25) is 5.78 Å². The van der Waals surface area contributed by atoms with E-state index >= 15 is 0 Å². The van der Waals surface area contributed by atoms with Gasteiger partial charge in [-0.05, 0) is 22.3 Å². The number of hydrogen-bond donors (Lipinski definition) is 1. The zero-order chi connectivity index (χ0) is 14.4. The number of Topliss-reactive ketones (excluding diaryl/α,β-unsaturated/α-hetero) is 1. The Kier molecular flexibility index (Phi) is 5.35. The van der Waals surface area contributed by atoms with E-state index in [1.54, 1.807) is 12.1 Å². The molecule has 1 atom stereocenters. The van der Waals surface area contributed by atoms with Crippen molar-refractivity contribution in [1.29, 1.82) is 0 Å². The van der Waals surface area contributed by atoms with E-state index in [2.05, 4.69) is 0 Å². The van der Waals surface area contributed by atoms with Gasteiger partial charge in [-0.15, -0.1) is 0 Å². The molecule has 20 heavy (non-hydrogen) atoms. The predicted molar refractivity (Wildman–Crippen MR) is 81.2 cm³/mol. The molecule has 104 valence electrons. The second kappa shape index (κ2) is 7.24. The lowest BCUT2D eigenvalue weighted by Gasteiger charge is -2.09. The predicted octanol–water partition coefficient (Wildman–Crippen LogP) is 2.28. The Morgan fingerprint density at radius 2 is 1.60 bits per heavy atom. The molecule has 4 heteroatoms. The maximum atomic E-state index is 11.9. The average Bonchev–Trinajstić information content (AvgIpc) is 2.48. The van der Waals surface area contributed by atoms with Crippen LogP contribution in [0.3, 0.4) is 0 Å². The van der Waals surface area contributed by atoms with Gasteiger partial charge in [-0.2, -0.15) is 0 Å². The first-order valence-corrected chi connectivity index (χ1v) is 7.84. The summed E-state index contributed by atoms with van der Waals surface area (Å²) in [5.74, 6) is -0.0459. The highest BCUT2D eigenvalue weighted by molar-refractivity contribution is 7.92. The quantitative estimate of drug-likeness (QED) is 0.655. The second-order valence-electron chi connectivity index (χ2n) is 4.38. The van der Waals surface area contributed by atoms with Crippen LogP contribution >= 0.6 is 0 Å². The van der Waals surface area contributed by atoms with Crippen molar-refractivity contribution in [2.75, 3.05) is 18.1 Å². The molecule has 1 unspecified atom stereocenters. The molecule has 0 aliphatic carbocycles. The third-order valence-electron chi connectivity index (χ3n) is 2.93. The number of aliphatic hydroxyl groups is 1. The molecule has 0 heterocycles. The smallest absolute Gasteiger partial charge is 0.211 e. The molecule has 0 aromatic heterocycles. The number of carbonyl (C=O) groups excluding carboxylic acids is 1. The Hall–Kier alpha value is -1.62. The van der Waals surface area contributed by atoms with Crippen LogP contribution in [0.1, 0.15) is 10.4 Å². The number of ketones is 1. The molecule has 2 aromatic carbocycles. The maximum Gasteiger partial charge on any atom is 0.211 e. The Morgan fingerprint density at radius 3 is 2.20 bits per heavy atom. The standard InChI is InChI=1S/C16H16O3S/c17-10-11-20(19)12-16(18)15-8-6-14(7-9-15)13-4-2-1-3-5-13/h1-9,17H,10-12H2. The molecule has 2 rings (SSSR count). The van der Waals surface area contributed by atoms with Gasteiger partial charge in [0.15, 0.2) is 5.75 Å². The largest absolute Gasteiger partial charge is 0.616 e. The van der Waals surface area contributed by atoms with Gasteiger partial charge in [-0.1, -0.05) is 54.6 Å². The van der Waals surface area contributed by atoms with Gasteiger partial charge in [0.1, 0.15) is 5.75 Å². The van der Waals surface area contributed by atoms with Crippen LogP contribution in [0.15, 0.2) is 54.6 Å². The molecule has 0 fully saturated rings. The van der Waals surface area contributed by atoms with E-state index in [9.17, 15) is 9.35 Å². The van der Waals surface area contributed by atoms with Crippen molar-refractivity contribution in [2.24, 2.45) is 0 Å². The Bertz CT molecular complexity index is 552. The number of hydrogen-bond acceptors (Lipinski definition) is 3. The van der Waals surface area contributed by atoms with Crippen LogP contribution in [0.25, 0.3) is 11.1 Å². The van der Waals surface area contributed by atoms with Crippen molar-refractivity contribution in [3.8, 4) is 11.1 Å². The number of aliphatic hydroxyl groups excluding tert-OH is 1. The fourth-order valence-corrected chi connectivity index (χ4v) is 2.69. The topological polar surface area (TPSA) is 60.4 Å². The van der Waals surface area contributed by atoms with E-state index in [1.807, 2.05) is 42.5 Å². The fourth-order valence-electron chi connectivity index (χ4n) is 1.88. The first-order valence-electron chi connectivity index (χ1n) is 6.35. The van der Waals surface area contributed by atoms with E-state index in [4.69, 9.17) is 5.11 Å². The molecule has 3 nitrogen and oxygen atoms in total. The highest BCUT2D eigenvalue weighted by atomic mass is 32.2. The molecule has 0 amide bonds. The van der Waals surface area contributed by atoms with E-state index in [-0.39, 0.29) is 23.9 Å². The summed E-state index contributed by atoms with van der Waals surface area (Å²) in [6.45, 7) is -0.160. The lowest BCUT2D eigenvalue weighted by atomic mass is 10.0. The van der Waals surface area contributed by atoms with Gasteiger partial charge in [0, 0.05) is 5.56 Å². The number of rotatable bonds is 6. The minimum atomic E-state index is -1.29. The summed E-state index contributed by atoms with van der Waals surface area (Å²) >= 11 is -1.29. The normalized spacial score (nSPS) is 12.1. The molecule has 0 aliphatic heterocycles. The van der Waals surface area contributed by atoms with Gasteiger partial charge in [0.05, 0.1) is 6.61 Å². The zero-order valence-electron chi connectivity index (χ0n) is 11.0. The summed E-state index contributed by atoms with van der Waals surface area (Å²) in [5, 5.41) is 8.68. The van der Waals surface area contributed by atoms with Crippen LogP contribution in [0, 0.1) is 0 Å². The van der Waals surface area contributed by atoms with Crippen molar-refractivity contribution in [2.45, 2.75) is 0 Å². The lowest BCUT2D eigenvalue weighted by molar-refractivity contribution is 0.102. The highest BCUT2D eigenvalue weighted by Gasteiger charge is 2.14. The van der Waals surface area contributed by atoms with Crippen molar-refractivity contribution in [3.63, 3.8) is 0 Å². The summed E-state index contributed by atoms with van der Waals surface area (Å²) in [4.78, 5) is 11.9. The van der Waals surface area contributed by atoms with Crippen LogP contribution in [0.4, 0.5) is 0 Å². The summed E-state index contributed by atoms with van der Waals surface area (Å²) in [6, 6.07) is 17.2. The average molecular weight is 288 g/mol. The van der Waals surface area contributed by atoms with Crippen LogP contribution in [0.5, 0.6) is 0 Å². The molecule has 1 N–H and O–H groups in total. The van der Waals surface area contributed by atoms with Crippen LogP contribution in [-0.4, -0.2) is 33.6 Å². The lowest BCUT2D eigenvalue weighted by Crippen LogP contribution is -2.20. The maximum absolute atomic E-state index is 11.9. The summed E-state index contributed by atoms with van der Waals surface area (Å²) in [5.41, 5.74) is 2.69. The van der Waals surface area contributed by atoms with E-state index in [1.165, 1.54) is 0 Å². The monoisotopic (exact) mass is 288 g/mol. The molecule has 0 saturated carbocycles. The summed E-state index contributed by atoms with van der Waals surface area (Å²) in [7, 11) is 0. The van der Waals surface area contributed by atoms with Crippen molar-refractivity contribution in [1.82, 2.24) is 0 Å². The van der Waals surface area contributed by atoms with Crippen LogP contribution in [0.2, 0.25) is 0 Å². The van der Waals surface area contributed by atoms with Gasteiger partial charge >= 0.3 is 0 Å². The summed E-state index contributed by atoms with van der Waals surface area (Å²) < 4.78 is 11.4. The van der Waals surface area contributed by atoms with Crippen molar-refractivity contribution >= 4 is 17.0 Å². The van der Waals surface area contributed by atoms with E-state index in [0.29, 0.717) is 5.56 Å². The molecule has 0 radical (unpaired) electrons. The third kappa shape index (κ3) is 3.93. The Morgan fingerprint density at radius 1 is 1.00 bits per heavy atom. The minimum absolute atomic E-state index is 0.0365. The van der Waals surface area contributed by atoms with Crippen LogP contribution < -0.4 is 0 Å². The fraction of sp³-hybridized carbons (Fsp3) is 0.188. The van der Waals surface area contributed by atoms with Crippen molar-refractivity contribution in [3.05, 3.63) is 60.2 Å². The zero-order valence-corrected chi connectivity index (χ0v) is 11.8. The van der Waals surface area contributed by atoms with E-state index in [0.717, 1.165) is 11.1 Å². The van der Waals surface area contributed by atoms with Gasteiger partial charge in [-0.3, -0.25) is 4.79 Å². The third-order valence-corrected chi connectivity index (χ3v) is 4.15. The molecule has 0 bridgehead atoms. The molecular formula is C16H16O3S. The highest BCUT2D eigenvalue weighted by Crippen LogP contribution is 2.19. The molecule has 0 saturated heterocycles. The Balaban J connectivity index is 2.07. The number of benzene rings is 2. The van der Waals surface area contributed by atoms with E-state index < -0.39 is 11.2 Å². The number of carbonyl (C=O) groups is 1. The summed E-state index contributed by atoms with van der Waals surface area (Å²) in [6.07, 6.45) is 0. The van der Waals surface area contributed by atoms with Crippen molar-refractivity contribution < 1.29 is 14.5 Å². The SMILES string of the molecule is O=C(C[S+]([O-])CCO)c1ccc(-c2ccccc2)cc1. The minimum Gasteiger partial charge on any atom is -0.616 e.